The van der Waals surface area contributed by atoms with Crippen molar-refractivity contribution >= 4 is 0 Å². The van der Waals surface area contributed by atoms with Crippen molar-refractivity contribution in [2.45, 2.75) is 77.7 Å². The Morgan fingerprint density at radius 1 is 1.05 bits per heavy atom. The Kier molecular flexibility index (Phi) is 7.29. The van der Waals surface area contributed by atoms with Crippen LogP contribution in [0.4, 0.5) is 0 Å². The van der Waals surface area contributed by atoms with Crippen molar-refractivity contribution in [1.82, 2.24) is 5.32 Å². The molecule has 1 atom stereocenters. The molecule has 1 aliphatic carbocycles. The first-order valence-electron chi connectivity index (χ1n) is 9.09. The maximum absolute atomic E-state index is 3.86. The molecule has 0 saturated heterocycles. The van der Waals surface area contributed by atoms with E-state index in [1.165, 1.54) is 68.9 Å². The first kappa shape index (κ1) is 16.5. The molecule has 1 N–H and O–H groups in total. The minimum absolute atomic E-state index is 0.671. The average Bonchev–Trinajstić information content (AvgIpc) is 2.45. The number of rotatable bonds is 6. The second kappa shape index (κ2) is 9.25. The van der Waals surface area contributed by atoms with E-state index in [2.05, 4.69) is 43.4 Å². The Hall–Kier alpha value is -0.820. The molecule has 0 aromatic heterocycles. The standard InChI is InChI=1S/C20H33N/c1-3-15-21-20(16-19-14-10-9-11-17(19)2)18-12-7-5-4-6-8-13-18/h9-11,14,18,20-21H,3-8,12-13,15-16H2,1-2H3. The number of benzene rings is 1. The van der Waals surface area contributed by atoms with Gasteiger partial charge in [0.15, 0.2) is 0 Å². The van der Waals surface area contributed by atoms with E-state index < -0.39 is 0 Å². The molecule has 0 spiro atoms. The van der Waals surface area contributed by atoms with Crippen molar-refractivity contribution in [3.05, 3.63) is 35.4 Å². The molecule has 1 heteroatoms. The van der Waals surface area contributed by atoms with Crippen LogP contribution in [0.3, 0.4) is 0 Å². The molecular weight excluding hydrogens is 254 g/mol. The van der Waals surface area contributed by atoms with Crippen molar-refractivity contribution in [2.75, 3.05) is 6.54 Å². The van der Waals surface area contributed by atoms with E-state index in [-0.39, 0.29) is 0 Å². The van der Waals surface area contributed by atoms with Crippen molar-refractivity contribution in [3.63, 3.8) is 0 Å². The van der Waals surface area contributed by atoms with Crippen LogP contribution in [-0.2, 0) is 6.42 Å². The number of aryl methyl sites for hydroxylation is 1. The molecule has 0 radical (unpaired) electrons. The van der Waals surface area contributed by atoms with Crippen molar-refractivity contribution in [1.29, 1.82) is 0 Å². The molecule has 1 aromatic carbocycles. The third-order valence-corrected chi connectivity index (χ3v) is 5.08. The topological polar surface area (TPSA) is 12.0 Å². The van der Waals surface area contributed by atoms with Gasteiger partial charge in [0.25, 0.3) is 0 Å². The molecule has 0 amide bonds. The highest BCUT2D eigenvalue weighted by atomic mass is 14.9. The highest BCUT2D eigenvalue weighted by Gasteiger charge is 2.22. The normalized spacial score (nSPS) is 19.0. The monoisotopic (exact) mass is 287 g/mol. The zero-order chi connectivity index (χ0) is 14.9. The minimum atomic E-state index is 0.671. The summed E-state index contributed by atoms with van der Waals surface area (Å²) in [6.07, 6.45) is 12.5. The molecule has 0 heterocycles. The van der Waals surface area contributed by atoms with Crippen LogP contribution in [0.2, 0.25) is 0 Å². The zero-order valence-electron chi connectivity index (χ0n) is 14.0. The van der Waals surface area contributed by atoms with Crippen LogP contribution >= 0.6 is 0 Å². The predicted octanol–water partition coefficient (Wildman–Crippen LogP) is 5.27. The third kappa shape index (κ3) is 5.47. The Morgan fingerprint density at radius 3 is 2.38 bits per heavy atom. The Bertz CT molecular complexity index is 391. The molecule has 1 aromatic rings. The van der Waals surface area contributed by atoms with E-state index in [0.29, 0.717) is 6.04 Å². The Balaban J connectivity index is 2.03. The van der Waals surface area contributed by atoms with Gasteiger partial charge in [0.2, 0.25) is 0 Å². The number of hydrogen-bond acceptors (Lipinski definition) is 1. The van der Waals surface area contributed by atoms with Crippen molar-refractivity contribution in [3.8, 4) is 0 Å². The zero-order valence-corrected chi connectivity index (χ0v) is 14.0. The van der Waals surface area contributed by atoms with E-state index in [0.717, 1.165) is 12.5 Å². The molecule has 2 rings (SSSR count). The van der Waals surface area contributed by atoms with Crippen LogP contribution in [0.1, 0.15) is 69.4 Å². The summed E-state index contributed by atoms with van der Waals surface area (Å²) in [6, 6.07) is 9.59. The summed E-state index contributed by atoms with van der Waals surface area (Å²) in [6.45, 7) is 5.69. The number of nitrogens with one attached hydrogen (secondary N) is 1. The molecule has 1 nitrogen and oxygen atoms in total. The molecule has 1 fully saturated rings. The molecule has 21 heavy (non-hydrogen) atoms. The van der Waals surface area contributed by atoms with Crippen LogP contribution < -0.4 is 5.32 Å². The third-order valence-electron chi connectivity index (χ3n) is 5.08. The van der Waals surface area contributed by atoms with Gasteiger partial charge in [-0.05, 0) is 56.2 Å². The summed E-state index contributed by atoms with van der Waals surface area (Å²) in [5, 5.41) is 3.86. The summed E-state index contributed by atoms with van der Waals surface area (Å²) < 4.78 is 0. The van der Waals surface area contributed by atoms with Crippen LogP contribution in [0.5, 0.6) is 0 Å². The fourth-order valence-corrected chi connectivity index (χ4v) is 3.70. The first-order chi connectivity index (χ1) is 10.3. The molecular formula is C20H33N. The lowest BCUT2D eigenvalue weighted by atomic mass is 9.82. The predicted molar refractivity (Wildman–Crippen MR) is 92.8 cm³/mol. The smallest absolute Gasteiger partial charge is 0.0136 e. The maximum atomic E-state index is 3.86. The van der Waals surface area contributed by atoms with E-state index in [4.69, 9.17) is 0 Å². The molecule has 0 aliphatic heterocycles. The fraction of sp³-hybridized carbons (Fsp3) is 0.700. The lowest BCUT2D eigenvalue weighted by Crippen LogP contribution is -2.39. The first-order valence-corrected chi connectivity index (χ1v) is 9.09. The van der Waals surface area contributed by atoms with Crippen LogP contribution in [0.15, 0.2) is 24.3 Å². The van der Waals surface area contributed by atoms with E-state index in [1.54, 1.807) is 0 Å². The van der Waals surface area contributed by atoms with Gasteiger partial charge >= 0.3 is 0 Å². The molecule has 1 aliphatic rings. The highest BCUT2D eigenvalue weighted by Crippen LogP contribution is 2.27. The van der Waals surface area contributed by atoms with E-state index in [9.17, 15) is 0 Å². The van der Waals surface area contributed by atoms with Crippen molar-refractivity contribution < 1.29 is 0 Å². The molecule has 118 valence electrons. The summed E-state index contributed by atoms with van der Waals surface area (Å²) >= 11 is 0. The van der Waals surface area contributed by atoms with Crippen LogP contribution in [0, 0.1) is 12.8 Å². The molecule has 1 saturated carbocycles. The van der Waals surface area contributed by atoms with Gasteiger partial charge in [0.1, 0.15) is 0 Å². The van der Waals surface area contributed by atoms with E-state index >= 15 is 0 Å². The lowest BCUT2D eigenvalue weighted by molar-refractivity contribution is 0.283. The SMILES string of the molecule is CCCNC(Cc1ccccc1C)C1CCCCCCC1. The molecule has 1 unspecified atom stereocenters. The highest BCUT2D eigenvalue weighted by molar-refractivity contribution is 5.26. The van der Waals surface area contributed by atoms with Gasteiger partial charge in [0.05, 0.1) is 0 Å². The van der Waals surface area contributed by atoms with Gasteiger partial charge in [-0.2, -0.15) is 0 Å². The number of hydrogen-bond donors (Lipinski definition) is 1. The Morgan fingerprint density at radius 2 is 1.71 bits per heavy atom. The second-order valence-corrected chi connectivity index (χ2v) is 6.80. The molecule has 0 bridgehead atoms. The van der Waals surface area contributed by atoms with Gasteiger partial charge < -0.3 is 5.32 Å². The summed E-state index contributed by atoms with van der Waals surface area (Å²) in [4.78, 5) is 0. The van der Waals surface area contributed by atoms with Gasteiger partial charge in [-0.15, -0.1) is 0 Å². The van der Waals surface area contributed by atoms with Gasteiger partial charge in [-0.3, -0.25) is 0 Å². The summed E-state index contributed by atoms with van der Waals surface area (Å²) in [7, 11) is 0. The summed E-state index contributed by atoms with van der Waals surface area (Å²) in [5.41, 5.74) is 2.99. The van der Waals surface area contributed by atoms with Gasteiger partial charge in [0, 0.05) is 6.04 Å². The lowest BCUT2D eigenvalue weighted by Gasteiger charge is -2.30. The van der Waals surface area contributed by atoms with Gasteiger partial charge in [-0.25, -0.2) is 0 Å². The minimum Gasteiger partial charge on any atom is -0.313 e. The quantitative estimate of drug-likeness (QED) is 0.752. The van der Waals surface area contributed by atoms with Crippen molar-refractivity contribution in [2.24, 2.45) is 5.92 Å². The summed E-state index contributed by atoms with van der Waals surface area (Å²) in [5.74, 6) is 0.872. The van der Waals surface area contributed by atoms with E-state index in [1.807, 2.05) is 0 Å². The maximum Gasteiger partial charge on any atom is 0.0136 e. The van der Waals surface area contributed by atoms with Crippen LogP contribution in [0.25, 0.3) is 0 Å². The second-order valence-electron chi connectivity index (χ2n) is 6.80. The van der Waals surface area contributed by atoms with Crippen LogP contribution in [-0.4, -0.2) is 12.6 Å². The van der Waals surface area contributed by atoms with Gasteiger partial charge in [-0.1, -0.05) is 63.3 Å². The Labute approximate surface area is 131 Å². The average molecular weight is 287 g/mol. The fourth-order valence-electron chi connectivity index (χ4n) is 3.70. The largest absolute Gasteiger partial charge is 0.313 e.